The average molecular weight is 361 g/mol. The van der Waals surface area contributed by atoms with Crippen LogP contribution in [0.15, 0.2) is 0 Å². The van der Waals surface area contributed by atoms with E-state index in [-0.39, 0.29) is 18.1 Å². The number of ketones is 1. The molecule has 0 bridgehead atoms. The molecule has 144 valence electrons. The maximum atomic E-state index is 11.5. The summed E-state index contributed by atoms with van der Waals surface area (Å²) in [6, 6.07) is 0. The first-order valence-electron chi connectivity index (χ1n) is 10.5. The molecule has 0 aromatic heterocycles. The zero-order chi connectivity index (χ0) is 17.9. The number of alkyl halides is 1. The van der Waals surface area contributed by atoms with Crippen molar-refractivity contribution >= 4 is 17.4 Å². The summed E-state index contributed by atoms with van der Waals surface area (Å²) in [5, 5.41) is 9.30. The maximum absolute atomic E-state index is 11.5. The quantitative estimate of drug-likeness (QED) is 0.203. The van der Waals surface area contributed by atoms with Crippen molar-refractivity contribution in [1.82, 2.24) is 0 Å². The summed E-state index contributed by atoms with van der Waals surface area (Å²) < 4.78 is 0. The number of carbonyl (C=O) groups excluding carboxylic acids is 1. The topological polar surface area (TPSA) is 37.3 Å². The Kier molecular flexibility index (Phi) is 19.2. The van der Waals surface area contributed by atoms with Gasteiger partial charge < -0.3 is 5.11 Å². The third-order valence-corrected chi connectivity index (χ3v) is 5.06. The van der Waals surface area contributed by atoms with Gasteiger partial charge in [0.15, 0.2) is 0 Å². The van der Waals surface area contributed by atoms with Crippen molar-refractivity contribution in [3.05, 3.63) is 0 Å². The molecule has 0 saturated heterocycles. The Labute approximate surface area is 155 Å². The molecule has 1 atom stereocenters. The zero-order valence-electron chi connectivity index (χ0n) is 16.0. The first-order chi connectivity index (χ1) is 11.7. The van der Waals surface area contributed by atoms with E-state index < -0.39 is 6.10 Å². The summed E-state index contributed by atoms with van der Waals surface area (Å²) in [6.45, 7) is 2.27. The van der Waals surface area contributed by atoms with Crippen LogP contribution in [0.25, 0.3) is 0 Å². The second-order valence-corrected chi connectivity index (χ2v) is 7.56. The van der Waals surface area contributed by atoms with E-state index in [2.05, 4.69) is 6.92 Å². The van der Waals surface area contributed by atoms with Gasteiger partial charge in [0.2, 0.25) is 0 Å². The zero-order valence-corrected chi connectivity index (χ0v) is 16.8. The summed E-state index contributed by atoms with van der Waals surface area (Å²) in [6.07, 6.45) is 20.2. The number of carbonyl (C=O) groups is 1. The lowest BCUT2D eigenvalue weighted by Gasteiger charge is -2.05. The highest BCUT2D eigenvalue weighted by atomic mass is 35.5. The Bertz CT molecular complexity index is 269. The standard InChI is InChI=1S/C21H41ClO2/c1-2-3-4-5-6-7-8-9-10-11-12-13-14-15-16-17-20(23)18-21(24)19-22/h21,24H,2-19H2,1H3. The van der Waals surface area contributed by atoms with E-state index in [1.54, 1.807) is 0 Å². The highest BCUT2D eigenvalue weighted by Crippen LogP contribution is 2.14. The third kappa shape index (κ3) is 18.3. The number of rotatable bonds is 19. The van der Waals surface area contributed by atoms with Crippen LogP contribution in [-0.4, -0.2) is 22.9 Å². The SMILES string of the molecule is CCCCCCCCCCCCCCCCCC(=O)CC(O)CCl. The molecule has 3 heteroatoms. The van der Waals surface area contributed by atoms with Crippen LogP contribution in [0, 0.1) is 0 Å². The number of halogens is 1. The van der Waals surface area contributed by atoms with Gasteiger partial charge in [-0.2, -0.15) is 0 Å². The Morgan fingerprint density at radius 3 is 1.50 bits per heavy atom. The molecule has 0 heterocycles. The van der Waals surface area contributed by atoms with Gasteiger partial charge in [-0.1, -0.05) is 96.8 Å². The first kappa shape index (κ1) is 23.9. The van der Waals surface area contributed by atoms with Crippen LogP contribution in [0.1, 0.15) is 116 Å². The van der Waals surface area contributed by atoms with E-state index in [9.17, 15) is 9.90 Å². The minimum Gasteiger partial charge on any atom is -0.391 e. The first-order valence-corrected chi connectivity index (χ1v) is 11.0. The van der Waals surface area contributed by atoms with Crippen LogP contribution in [0.4, 0.5) is 0 Å². The van der Waals surface area contributed by atoms with Gasteiger partial charge in [-0.3, -0.25) is 4.79 Å². The van der Waals surface area contributed by atoms with Crippen molar-refractivity contribution in [2.75, 3.05) is 5.88 Å². The average Bonchev–Trinajstić information content (AvgIpc) is 2.58. The molecule has 1 unspecified atom stereocenters. The molecular weight excluding hydrogens is 320 g/mol. The summed E-state index contributed by atoms with van der Waals surface area (Å²) in [4.78, 5) is 11.5. The Morgan fingerprint density at radius 2 is 1.12 bits per heavy atom. The van der Waals surface area contributed by atoms with Gasteiger partial charge in [0, 0.05) is 18.7 Å². The second kappa shape index (κ2) is 19.2. The maximum Gasteiger partial charge on any atom is 0.135 e. The number of aliphatic hydroxyl groups is 1. The molecule has 0 aromatic carbocycles. The van der Waals surface area contributed by atoms with Crippen LogP contribution < -0.4 is 0 Å². The molecule has 0 aliphatic rings. The number of Topliss-reactive ketones (excluding diaryl/α,β-unsaturated/α-hetero) is 1. The highest BCUT2D eigenvalue weighted by Gasteiger charge is 2.08. The largest absolute Gasteiger partial charge is 0.391 e. The van der Waals surface area contributed by atoms with Gasteiger partial charge in [-0.05, 0) is 6.42 Å². The van der Waals surface area contributed by atoms with E-state index >= 15 is 0 Å². The number of hydrogen-bond acceptors (Lipinski definition) is 2. The molecule has 0 fully saturated rings. The molecule has 0 saturated carbocycles. The molecule has 0 radical (unpaired) electrons. The van der Waals surface area contributed by atoms with Crippen LogP contribution in [-0.2, 0) is 4.79 Å². The highest BCUT2D eigenvalue weighted by molar-refractivity contribution is 6.18. The van der Waals surface area contributed by atoms with Crippen LogP contribution in [0.5, 0.6) is 0 Å². The normalized spacial score (nSPS) is 12.5. The monoisotopic (exact) mass is 360 g/mol. The minimum atomic E-state index is -0.657. The van der Waals surface area contributed by atoms with Crippen molar-refractivity contribution in [2.24, 2.45) is 0 Å². The predicted octanol–water partition coefficient (Wildman–Crippen LogP) is 6.81. The van der Waals surface area contributed by atoms with E-state index in [4.69, 9.17) is 11.6 Å². The molecule has 0 spiro atoms. The summed E-state index contributed by atoms with van der Waals surface area (Å²) in [7, 11) is 0. The van der Waals surface area contributed by atoms with Gasteiger partial charge in [0.05, 0.1) is 6.10 Å². The van der Waals surface area contributed by atoms with Crippen molar-refractivity contribution in [3.63, 3.8) is 0 Å². The summed E-state index contributed by atoms with van der Waals surface area (Å²) in [5.41, 5.74) is 0. The fraction of sp³-hybridized carbons (Fsp3) is 0.952. The van der Waals surface area contributed by atoms with Crippen LogP contribution in [0.2, 0.25) is 0 Å². The number of hydrogen-bond donors (Lipinski definition) is 1. The third-order valence-electron chi connectivity index (χ3n) is 4.70. The van der Waals surface area contributed by atoms with E-state index in [1.807, 2.05) is 0 Å². The Hall–Kier alpha value is -0.0800. The second-order valence-electron chi connectivity index (χ2n) is 7.25. The lowest BCUT2D eigenvalue weighted by molar-refractivity contribution is -0.120. The Balaban J connectivity index is 3.11. The Morgan fingerprint density at radius 1 is 0.750 bits per heavy atom. The fourth-order valence-corrected chi connectivity index (χ4v) is 3.22. The van der Waals surface area contributed by atoms with E-state index in [0.717, 1.165) is 12.8 Å². The lowest BCUT2D eigenvalue weighted by atomic mass is 10.0. The van der Waals surface area contributed by atoms with Gasteiger partial charge in [-0.25, -0.2) is 0 Å². The smallest absolute Gasteiger partial charge is 0.135 e. The summed E-state index contributed by atoms with van der Waals surface area (Å²) >= 11 is 5.49. The molecule has 1 N–H and O–H groups in total. The number of aliphatic hydroxyl groups excluding tert-OH is 1. The molecule has 0 amide bonds. The van der Waals surface area contributed by atoms with E-state index in [1.165, 1.54) is 83.5 Å². The van der Waals surface area contributed by atoms with Crippen LogP contribution in [0.3, 0.4) is 0 Å². The molecule has 0 aromatic rings. The van der Waals surface area contributed by atoms with Crippen molar-refractivity contribution in [3.8, 4) is 0 Å². The van der Waals surface area contributed by atoms with Crippen molar-refractivity contribution in [1.29, 1.82) is 0 Å². The van der Waals surface area contributed by atoms with Crippen molar-refractivity contribution < 1.29 is 9.90 Å². The fourth-order valence-electron chi connectivity index (χ4n) is 3.11. The molecule has 2 nitrogen and oxygen atoms in total. The van der Waals surface area contributed by atoms with Gasteiger partial charge >= 0.3 is 0 Å². The number of unbranched alkanes of at least 4 members (excludes halogenated alkanes) is 14. The molecular formula is C21H41ClO2. The van der Waals surface area contributed by atoms with Gasteiger partial charge in [0.1, 0.15) is 5.78 Å². The molecule has 0 rings (SSSR count). The lowest BCUT2D eigenvalue weighted by Crippen LogP contribution is -2.14. The van der Waals surface area contributed by atoms with E-state index in [0.29, 0.717) is 6.42 Å². The molecule has 0 aliphatic carbocycles. The molecule has 0 aliphatic heterocycles. The summed E-state index contributed by atoms with van der Waals surface area (Å²) in [5.74, 6) is 0.308. The molecule has 24 heavy (non-hydrogen) atoms. The predicted molar refractivity (Wildman–Crippen MR) is 106 cm³/mol. The van der Waals surface area contributed by atoms with Gasteiger partial charge in [0.25, 0.3) is 0 Å². The minimum absolute atomic E-state index is 0.151. The van der Waals surface area contributed by atoms with Crippen LogP contribution >= 0.6 is 11.6 Å². The van der Waals surface area contributed by atoms with Gasteiger partial charge in [-0.15, -0.1) is 11.6 Å². The van der Waals surface area contributed by atoms with Crippen molar-refractivity contribution in [2.45, 2.75) is 122 Å².